The van der Waals surface area contributed by atoms with Gasteiger partial charge in [0.2, 0.25) is 11.8 Å². The van der Waals surface area contributed by atoms with Gasteiger partial charge in [0.25, 0.3) is 0 Å². The van der Waals surface area contributed by atoms with E-state index in [-0.39, 0.29) is 31.8 Å². The molecule has 0 radical (unpaired) electrons. The lowest BCUT2D eigenvalue weighted by Crippen LogP contribution is -2.56. The molecule has 3 amide bonds. The van der Waals surface area contributed by atoms with E-state index in [1.165, 1.54) is 12.2 Å². The third-order valence-corrected chi connectivity index (χ3v) is 6.83. The van der Waals surface area contributed by atoms with Crippen molar-refractivity contribution < 1.29 is 38.6 Å². The molecule has 0 fully saturated rings. The van der Waals surface area contributed by atoms with Gasteiger partial charge >= 0.3 is 18.0 Å². The number of nitrogens with zero attached hydrogens (tertiary/aromatic N) is 1. The van der Waals surface area contributed by atoms with Gasteiger partial charge in [0.05, 0.1) is 11.9 Å². The Morgan fingerprint density at radius 3 is 2.19 bits per heavy atom. The van der Waals surface area contributed by atoms with E-state index in [1.54, 1.807) is 51.1 Å². The molecule has 0 bridgehead atoms. The number of carbonyl (C=O) groups excluding carboxylic acids is 4. The number of alkyl carbamates (subject to hydrolysis) is 1. The highest BCUT2D eigenvalue weighted by Crippen LogP contribution is 2.14. The summed E-state index contributed by atoms with van der Waals surface area (Å²) >= 11 is 0. The fraction of sp³-hybridized carbons (Fsp3) is 0.389. The lowest BCUT2D eigenvalue weighted by atomic mass is 10.0. The molecule has 4 N–H and O–H groups in total. The molecule has 0 spiro atoms. The summed E-state index contributed by atoms with van der Waals surface area (Å²) < 4.78 is 10.6. The van der Waals surface area contributed by atoms with Gasteiger partial charge < -0.3 is 30.5 Å². The molecule has 12 heteroatoms. The standard InChI is InChI=1S/C36H44N4O8/c1-23(2)20-30(34(44)45)39-33(43)29(21-26-19-18-25-14-9-10-15-27(25)37-26)38-32(42)28(16-11-17-31(41)48-36(3,4)5)40-35(46)47-22-24-12-7-6-8-13-24/h6-16,18-19,23,28-30H,17,20-22H2,1-5H3,(H,38,42)(H,39,43)(H,40,46)(H,44,45). The molecule has 12 nitrogen and oxygen atoms in total. The number of ether oxygens (including phenoxy) is 2. The van der Waals surface area contributed by atoms with Crippen LogP contribution in [0.2, 0.25) is 0 Å². The van der Waals surface area contributed by atoms with Gasteiger partial charge in [-0.15, -0.1) is 0 Å². The average Bonchev–Trinajstić information content (AvgIpc) is 3.02. The quantitative estimate of drug-likeness (QED) is 0.136. The van der Waals surface area contributed by atoms with Crippen LogP contribution in [0.5, 0.6) is 0 Å². The van der Waals surface area contributed by atoms with Crippen molar-refractivity contribution in [1.82, 2.24) is 20.9 Å². The molecule has 3 rings (SSSR count). The van der Waals surface area contributed by atoms with Gasteiger partial charge in [-0.3, -0.25) is 19.4 Å². The first-order valence-electron chi connectivity index (χ1n) is 15.7. The predicted octanol–water partition coefficient (Wildman–Crippen LogP) is 4.46. The zero-order valence-electron chi connectivity index (χ0n) is 27.9. The predicted molar refractivity (Wildman–Crippen MR) is 180 cm³/mol. The Kier molecular flexibility index (Phi) is 13.6. The highest BCUT2D eigenvalue weighted by atomic mass is 16.6. The van der Waals surface area contributed by atoms with Crippen LogP contribution in [0.15, 0.2) is 78.9 Å². The number of benzene rings is 2. The van der Waals surface area contributed by atoms with Crippen LogP contribution < -0.4 is 16.0 Å². The maximum absolute atomic E-state index is 13.7. The molecule has 0 aliphatic heterocycles. The monoisotopic (exact) mass is 660 g/mol. The molecule has 48 heavy (non-hydrogen) atoms. The minimum Gasteiger partial charge on any atom is -0.480 e. The summed E-state index contributed by atoms with van der Waals surface area (Å²) in [5.41, 5.74) is 1.15. The highest BCUT2D eigenvalue weighted by molar-refractivity contribution is 5.94. The molecule has 0 aliphatic carbocycles. The van der Waals surface area contributed by atoms with E-state index in [1.807, 2.05) is 50.2 Å². The molecule has 3 aromatic rings. The normalized spacial score (nSPS) is 13.4. The lowest BCUT2D eigenvalue weighted by Gasteiger charge is -2.24. The van der Waals surface area contributed by atoms with Crippen molar-refractivity contribution in [2.75, 3.05) is 0 Å². The smallest absolute Gasteiger partial charge is 0.408 e. The zero-order chi connectivity index (χ0) is 35.3. The molecular weight excluding hydrogens is 616 g/mol. The van der Waals surface area contributed by atoms with Crippen LogP contribution in [0.25, 0.3) is 10.9 Å². The van der Waals surface area contributed by atoms with Gasteiger partial charge in [0.1, 0.15) is 30.3 Å². The second kappa shape index (κ2) is 17.6. The number of carbonyl (C=O) groups is 5. The van der Waals surface area contributed by atoms with Gasteiger partial charge in [-0.25, -0.2) is 9.59 Å². The molecule has 0 aliphatic rings. The molecule has 0 saturated carbocycles. The minimum atomic E-state index is -1.37. The number of carboxylic acids is 1. The molecule has 3 unspecified atom stereocenters. The number of nitrogens with one attached hydrogen (secondary N) is 3. The number of aliphatic carboxylic acids is 1. The Morgan fingerprint density at radius 2 is 1.52 bits per heavy atom. The summed E-state index contributed by atoms with van der Waals surface area (Å²) in [6.45, 7) is 8.77. The third kappa shape index (κ3) is 12.9. The number of amides is 3. The highest BCUT2D eigenvalue weighted by Gasteiger charge is 2.30. The molecule has 2 aromatic carbocycles. The second-order valence-corrected chi connectivity index (χ2v) is 12.7. The first-order valence-corrected chi connectivity index (χ1v) is 15.7. The van der Waals surface area contributed by atoms with E-state index < -0.39 is 53.6 Å². The Hall–Kier alpha value is -5.26. The van der Waals surface area contributed by atoms with Crippen LogP contribution in [0.4, 0.5) is 4.79 Å². The number of esters is 1. The topological polar surface area (TPSA) is 173 Å². The van der Waals surface area contributed by atoms with E-state index in [0.29, 0.717) is 11.2 Å². The fourth-order valence-electron chi connectivity index (χ4n) is 4.64. The van der Waals surface area contributed by atoms with Crippen molar-refractivity contribution in [3.05, 3.63) is 90.1 Å². The molecular formula is C36H44N4O8. The van der Waals surface area contributed by atoms with Crippen LogP contribution in [-0.4, -0.2) is 63.7 Å². The molecule has 1 heterocycles. The van der Waals surface area contributed by atoms with E-state index in [4.69, 9.17) is 9.47 Å². The minimum absolute atomic E-state index is 0.0350. The Labute approximate surface area is 280 Å². The van der Waals surface area contributed by atoms with Crippen LogP contribution in [-0.2, 0) is 41.7 Å². The van der Waals surface area contributed by atoms with Crippen molar-refractivity contribution in [2.24, 2.45) is 5.92 Å². The summed E-state index contributed by atoms with van der Waals surface area (Å²) in [5.74, 6) is -3.34. The van der Waals surface area contributed by atoms with Crippen molar-refractivity contribution in [1.29, 1.82) is 0 Å². The van der Waals surface area contributed by atoms with Gasteiger partial charge in [-0.05, 0) is 50.8 Å². The van der Waals surface area contributed by atoms with E-state index in [0.717, 1.165) is 10.9 Å². The van der Waals surface area contributed by atoms with Crippen molar-refractivity contribution in [2.45, 2.75) is 84.2 Å². The molecule has 1 aromatic heterocycles. The summed E-state index contributed by atoms with van der Waals surface area (Å²) in [7, 11) is 0. The first kappa shape index (κ1) is 37.2. The third-order valence-electron chi connectivity index (χ3n) is 6.83. The number of carboxylic acid groups (broad SMARTS) is 1. The summed E-state index contributed by atoms with van der Waals surface area (Å²) in [6.07, 6.45) is 1.65. The summed E-state index contributed by atoms with van der Waals surface area (Å²) in [5, 5.41) is 18.3. The van der Waals surface area contributed by atoms with E-state index in [9.17, 15) is 29.1 Å². The molecule has 3 atom stereocenters. The Balaban J connectivity index is 1.86. The maximum Gasteiger partial charge on any atom is 0.408 e. The Morgan fingerprint density at radius 1 is 0.854 bits per heavy atom. The number of pyridine rings is 1. The zero-order valence-corrected chi connectivity index (χ0v) is 27.9. The molecule has 0 saturated heterocycles. The lowest BCUT2D eigenvalue weighted by molar-refractivity contribution is -0.153. The van der Waals surface area contributed by atoms with E-state index in [2.05, 4.69) is 20.9 Å². The van der Waals surface area contributed by atoms with Gasteiger partial charge in [0.15, 0.2) is 0 Å². The second-order valence-electron chi connectivity index (χ2n) is 12.7. The van der Waals surface area contributed by atoms with Gasteiger partial charge in [-0.1, -0.05) is 80.6 Å². The molecule has 256 valence electrons. The van der Waals surface area contributed by atoms with Crippen LogP contribution in [0.1, 0.15) is 58.7 Å². The number of fused-ring (bicyclic) bond motifs is 1. The number of aromatic nitrogens is 1. The van der Waals surface area contributed by atoms with Crippen molar-refractivity contribution >= 4 is 40.7 Å². The number of hydrogen-bond acceptors (Lipinski definition) is 8. The largest absolute Gasteiger partial charge is 0.480 e. The Bertz CT molecular complexity index is 1600. The number of hydrogen-bond donors (Lipinski definition) is 4. The SMILES string of the molecule is CC(C)CC(NC(=O)C(Cc1ccc2ccccc2n1)NC(=O)C(C=CCC(=O)OC(C)(C)C)NC(=O)OCc1ccccc1)C(=O)O. The first-order chi connectivity index (χ1) is 22.7. The average molecular weight is 661 g/mol. The number of rotatable bonds is 15. The summed E-state index contributed by atoms with van der Waals surface area (Å²) in [4.78, 5) is 68.9. The van der Waals surface area contributed by atoms with E-state index >= 15 is 0 Å². The number of para-hydroxylation sites is 1. The maximum atomic E-state index is 13.7. The van der Waals surface area contributed by atoms with Crippen LogP contribution >= 0.6 is 0 Å². The van der Waals surface area contributed by atoms with Crippen LogP contribution in [0.3, 0.4) is 0 Å². The van der Waals surface area contributed by atoms with Gasteiger partial charge in [-0.2, -0.15) is 0 Å². The van der Waals surface area contributed by atoms with Crippen molar-refractivity contribution in [3.63, 3.8) is 0 Å². The fourth-order valence-corrected chi connectivity index (χ4v) is 4.64. The van der Waals surface area contributed by atoms with Crippen LogP contribution in [0, 0.1) is 5.92 Å². The van der Waals surface area contributed by atoms with Gasteiger partial charge in [0, 0.05) is 17.5 Å². The van der Waals surface area contributed by atoms with Crippen molar-refractivity contribution in [3.8, 4) is 0 Å². The summed E-state index contributed by atoms with van der Waals surface area (Å²) in [6, 6.07) is 16.0.